The molecule has 0 spiro atoms. The van der Waals surface area contributed by atoms with Gasteiger partial charge in [-0.1, -0.05) is 24.3 Å². The number of carbonyl (C=O) groups excluding carboxylic acids is 2. The lowest BCUT2D eigenvalue weighted by Gasteiger charge is -2.16. The van der Waals surface area contributed by atoms with Crippen molar-refractivity contribution in [2.45, 2.75) is 25.7 Å². The average molecular weight is 378 g/mol. The number of halogens is 3. The fraction of sp³-hybridized carbons (Fsp3) is 0.263. The van der Waals surface area contributed by atoms with Crippen LogP contribution in [0.4, 0.5) is 18.9 Å². The standard InChI is InChI=1S/C19H17F3N2O3/c20-19(21,22)27-16-8-2-1-7-15(16)23-18(26)14-6-3-5-13(11-14)12-24-10-4-9-17(24)25/h1-3,5-8,11H,4,9-10,12H2,(H,23,26). The summed E-state index contributed by atoms with van der Waals surface area (Å²) in [6, 6.07) is 12.0. The first-order valence-electron chi connectivity index (χ1n) is 8.35. The quantitative estimate of drug-likeness (QED) is 0.857. The van der Waals surface area contributed by atoms with Gasteiger partial charge in [0, 0.05) is 25.1 Å². The van der Waals surface area contributed by atoms with Gasteiger partial charge in [-0.05, 0) is 36.2 Å². The van der Waals surface area contributed by atoms with E-state index in [1.54, 1.807) is 29.2 Å². The van der Waals surface area contributed by atoms with Gasteiger partial charge in [-0.2, -0.15) is 0 Å². The Bertz CT molecular complexity index is 852. The van der Waals surface area contributed by atoms with Crippen LogP contribution in [-0.4, -0.2) is 29.6 Å². The van der Waals surface area contributed by atoms with Crippen LogP contribution in [-0.2, 0) is 11.3 Å². The maximum absolute atomic E-state index is 12.5. The zero-order chi connectivity index (χ0) is 19.4. The number of nitrogens with one attached hydrogen (secondary N) is 1. The summed E-state index contributed by atoms with van der Waals surface area (Å²) in [5.74, 6) is -0.983. The SMILES string of the molecule is O=C(Nc1ccccc1OC(F)(F)F)c1cccc(CN2CCCC2=O)c1. The fourth-order valence-corrected chi connectivity index (χ4v) is 2.88. The van der Waals surface area contributed by atoms with Gasteiger partial charge in [0.05, 0.1) is 5.69 Å². The highest BCUT2D eigenvalue weighted by Crippen LogP contribution is 2.30. The van der Waals surface area contributed by atoms with Crippen LogP contribution in [0, 0.1) is 0 Å². The molecule has 0 atom stereocenters. The second kappa shape index (κ2) is 7.69. The van der Waals surface area contributed by atoms with Gasteiger partial charge in [-0.15, -0.1) is 13.2 Å². The molecule has 1 aliphatic heterocycles. The molecule has 2 aromatic carbocycles. The minimum Gasteiger partial charge on any atom is -0.404 e. The normalized spacial score (nSPS) is 14.3. The minimum atomic E-state index is -4.86. The van der Waals surface area contributed by atoms with Crippen molar-refractivity contribution in [2.75, 3.05) is 11.9 Å². The predicted octanol–water partition coefficient (Wildman–Crippen LogP) is 3.96. The lowest BCUT2D eigenvalue weighted by atomic mass is 10.1. The molecule has 0 bridgehead atoms. The van der Waals surface area contributed by atoms with Gasteiger partial charge in [0.2, 0.25) is 5.91 Å². The molecular formula is C19H17F3N2O3. The molecule has 1 N–H and O–H groups in total. The first-order chi connectivity index (χ1) is 12.8. The van der Waals surface area contributed by atoms with E-state index in [-0.39, 0.29) is 17.2 Å². The summed E-state index contributed by atoms with van der Waals surface area (Å²) >= 11 is 0. The molecule has 27 heavy (non-hydrogen) atoms. The van der Waals surface area contributed by atoms with Gasteiger partial charge < -0.3 is 15.0 Å². The molecule has 0 aliphatic carbocycles. The Morgan fingerprint density at radius 1 is 1.15 bits per heavy atom. The molecule has 1 saturated heterocycles. The first-order valence-corrected chi connectivity index (χ1v) is 8.35. The molecule has 0 saturated carbocycles. The first kappa shape index (κ1) is 18.8. The zero-order valence-corrected chi connectivity index (χ0v) is 14.3. The summed E-state index contributed by atoms with van der Waals surface area (Å²) in [6.07, 6.45) is -3.52. The van der Waals surface area contributed by atoms with Crippen molar-refractivity contribution in [3.05, 3.63) is 59.7 Å². The number of ether oxygens (including phenoxy) is 1. The van der Waals surface area contributed by atoms with Crippen molar-refractivity contribution >= 4 is 17.5 Å². The topological polar surface area (TPSA) is 58.6 Å². The van der Waals surface area contributed by atoms with E-state index >= 15 is 0 Å². The molecule has 0 unspecified atom stereocenters. The summed E-state index contributed by atoms with van der Waals surface area (Å²) in [5, 5.41) is 2.43. The molecule has 0 aromatic heterocycles. The van der Waals surface area contributed by atoms with E-state index < -0.39 is 18.0 Å². The van der Waals surface area contributed by atoms with Crippen LogP contribution in [0.1, 0.15) is 28.8 Å². The molecule has 2 aromatic rings. The zero-order valence-electron chi connectivity index (χ0n) is 14.3. The number of alkyl halides is 3. The van der Waals surface area contributed by atoms with Crippen molar-refractivity contribution in [2.24, 2.45) is 0 Å². The van der Waals surface area contributed by atoms with Gasteiger partial charge in [-0.3, -0.25) is 9.59 Å². The number of hydrogen-bond donors (Lipinski definition) is 1. The number of para-hydroxylation sites is 2. The Morgan fingerprint density at radius 3 is 2.63 bits per heavy atom. The highest BCUT2D eigenvalue weighted by molar-refractivity contribution is 6.05. The molecule has 1 fully saturated rings. The molecule has 1 heterocycles. The van der Waals surface area contributed by atoms with Crippen molar-refractivity contribution in [1.82, 2.24) is 4.90 Å². The van der Waals surface area contributed by atoms with Crippen molar-refractivity contribution in [1.29, 1.82) is 0 Å². The minimum absolute atomic E-state index is 0.0723. The molecular weight excluding hydrogens is 361 g/mol. The third-order valence-corrected chi connectivity index (χ3v) is 4.09. The lowest BCUT2D eigenvalue weighted by molar-refractivity contribution is -0.274. The van der Waals surface area contributed by atoms with E-state index in [0.717, 1.165) is 18.1 Å². The van der Waals surface area contributed by atoms with E-state index in [0.29, 0.717) is 19.5 Å². The van der Waals surface area contributed by atoms with Crippen LogP contribution in [0.15, 0.2) is 48.5 Å². The molecule has 3 rings (SSSR count). The van der Waals surface area contributed by atoms with Crippen LogP contribution >= 0.6 is 0 Å². The number of likely N-dealkylation sites (tertiary alicyclic amines) is 1. The monoisotopic (exact) mass is 378 g/mol. The maximum atomic E-state index is 12.5. The van der Waals surface area contributed by atoms with Gasteiger partial charge in [0.25, 0.3) is 5.91 Å². The number of amides is 2. The van der Waals surface area contributed by atoms with Gasteiger partial charge in [-0.25, -0.2) is 0 Å². The van der Waals surface area contributed by atoms with E-state index in [9.17, 15) is 22.8 Å². The number of hydrogen-bond acceptors (Lipinski definition) is 3. The van der Waals surface area contributed by atoms with Crippen LogP contribution in [0.3, 0.4) is 0 Å². The second-order valence-corrected chi connectivity index (χ2v) is 6.12. The van der Waals surface area contributed by atoms with Crippen LogP contribution in [0.2, 0.25) is 0 Å². The highest BCUT2D eigenvalue weighted by Gasteiger charge is 2.32. The van der Waals surface area contributed by atoms with Crippen LogP contribution in [0.25, 0.3) is 0 Å². The number of nitrogens with zero attached hydrogens (tertiary/aromatic N) is 1. The summed E-state index contributed by atoms with van der Waals surface area (Å²) in [7, 11) is 0. The smallest absolute Gasteiger partial charge is 0.404 e. The largest absolute Gasteiger partial charge is 0.573 e. The molecule has 1 aliphatic rings. The number of rotatable bonds is 5. The third-order valence-electron chi connectivity index (χ3n) is 4.09. The third kappa shape index (κ3) is 4.99. The predicted molar refractivity (Wildman–Crippen MR) is 92.2 cm³/mol. The summed E-state index contributed by atoms with van der Waals surface area (Å²) in [6.45, 7) is 1.07. The Hall–Kier alpha value is -3.03. The van der Waals surface area contributed by atoms with Crippen LogP contribution in [0.5, 0.6) is 5.75 Å². The van der Waals surface area contributed by atoms with Crippen LogP contribution < -0.4 is 10.1 Å². The van der Waals surface area contributed by atoms with Gasteiger partial charge in [0.1, 0.15) is 0 Å². The van der Waals surface area contributed by atoms with Crippen molar-refractivity contribution in [3.8, 4) is 5.75 Å². The molecule has 8 heteroatoms. The van der Waals surface area contributed by atoms with E-state index in [2.05, 4.69) is 10.1 Å². The van der Waals surface area contributed by atoms with Gasteiger partial charge in [0.15, 0.2) is 5.75 Å². The summed E-state index contributed by atoms with van der Waals surface area (Å²) < 4.78 is 41.4. The van der Waals surface area contributed by atoms with Crippen molar-refractivity contribution in [3.63, 3.8) is 0 Å². The number of benzene rings is 2. The average Bonchev–Trinajstić information content (AvgIpc) is 3.00. The lowest BCUT2D eigenvalue weighted by Crippen LogP contribution is -2.24. The van der Waals surface area contributed by atoms with Gasteiger partial charge >= 0.3 is 6.36 Å². The number of carbonyl (C=O) groups is 2. The highest BCUT2D eigenvalue weighted by atomic mass is 19.4. The Morgan fingerprint density at radius 2 is 1.93 bits per heavy atom. The van der Waals surface area contributed by atoms with E-state index in [1.165, 1.54) is 18.2 Å². The summed E-state index contributed by atoms with van der Waals surface area (Å²) in [4.78, 5) is 25.9. The molecule has 2 amide bonds. The fourth-order valence-electron chi connectivity index (χ4n) is 2.88. The van der Waals surface area contributed by atoms with E-state index in [4.69, 9.17) is 0 Å². The van der Waals surface area contributed by atoms with Crippen molar-refractivity contribution < 1.29 is 27.5 Å². The summed E-state index contributed by atoms with van der Waals surface area (Å²) in [5.41, 5.74) is 0.971. The van der Waals surface area contributed by atoms with E-state index in [1.807, 2.05) is 0 Å². The molecule has 0 radical (unpaired) electrons. The maximum Gasteiger partial charge on any atom is 0.573 e. The Balaban J connectivity index is 1.73. The number of anilines is 1. The molecule has 142 valence electrons. The Kier molecular flexibility index (Phi) is 5.34. The second-order valence-electron chi connectivity index (χ2n) is 6.12. The molecule has 5 nitrogen and oxygen atoms in total. The Labute approximate surface area is 153 Å².